The molecule has 2 N–H and O–H groups in total. The Morgan fingerprint density at radius 3 is 2.41 bits per heavy atom. The summed E-state index contributed by atoms with van der Waals surface area (Å²) in [7, 11) is 0. The van der Waals surface area contributed by atoms with E-state index in [1.807, 2.05) is 18.2 Å². The summed E-state index contributed by atoms with van der Waals surface area (Å²) in [4.78, 5) is 8.59. The van der Waals surface area contributed by atoms with Crippen molar-refractivity contribution in [2.45, 2.75) is 24.8 Å². The summed E-state index contributed by atoms with van der Waals surface area (Å²) < 4.78 is 2.18. The first kappa shape index (κ1) is 16.5. The Bertz CT molecular complexity index is 1110. The molecule has 134 valence electrons. The Morgan fingerprint density at radius 2 is 1.74 bits per heavy atom. The van der Waals surface area contributed by atoms with Gasteiger partial charge in [-0.3, -0.25) is 0 Å². The van der Waals surface area contributed by atoms with Crippen LogP contribution in [-0.4, -0.2) is 14.5 Å². The third-order valence-corrected chi connectivity index (χ3v) is 5.72. The van der Waals surface area contributed by atoms with Gasteiger partial charge in [-0.05, 0) is 60.2 Å². The standard InChI is InChI=1S/C22H19ClN4/c23-21-25-14-20-18(26-21)13-19(15-5-2-1-3-6-15)27(20)17-9-7-16(8-10-17)22(24)11-4-12-22/h1-3,5-10,13-14H,4,11-12,24H2. The van der Waals surface area contributed by atoms with Gasteiger partial charge in [0, 0.05) is 11.2 Å². The van der Waals surface area contributed by atoms with Gasteiger partial charge >= 0.3 is 0 Å². The van der Waals surface area contributed by atoms with E-state index in [4.69, 9.17) is 17.3 Å². The molecular formula is C22H19ClN4. The van der Waals surface area contributed by atoms with Crippen LogP contribution in [-0.2, 0) is 5.54 Å². The van der Waals surface area contributed by atoms with Crippen molar-refractivity contribution in [2.75, 3.05) is 0 Å². The van der Waals surface area contributed by atoms with Crippen molar-refractivity contribution in [1.82, 2.24) is 14.5 Å². The second kappa shape index (κ2) is 6.19. The molecule has 0 saturated heterocycles. The van der Waals surface area contributed by atoms with Gasteiger partial charge < -0.3 is 10.3 Å². The monoisotopic (exact) mass is 374 g/mol. The molecule has 0 bridgehead atoms. The Hall–Kier alpha value is -2.69. The van der Waals surface area contributed by atoms with Crippen LogP contribution in [0.5, 0.6) is 0 Å². The zero-order valence-electron chi connectivity index (χ0n) is 14.8. The lowest BCUT2D eigenvalue weighted by Gasteiger charge is -2.38. The van der Waals surface area contributed by atoms with Crippen LogP contribution in [0.3, 0.4) is 0 Å². The first-order valence-electron chi connectivity index (χ1n) is 9.13. The predicted octanol–water partition coefficient (Wildman–Crippen LogP) is 5.08. The number of hydrogen-bond acceptors (Lipinski definition) is 3. The molecule has 2 aromatic carbocycles. The minimum atomic E-state index is -0.157. The summed E-state index contributed by atoms with van der Waals surface area (Å²) in [5, 5.41) is 0.254. The lowest BCUT2D eigenvalue weighted by Crippen LogP contribution is -2.43. The molecule has 2 heterocycles. The van der Waals surface area contributed by atoms with Gasteiger partial charge in [0.1, 0.15) is 0 Å². The van der Waals surface area contributed by atoms with Crippen molar-refractivity contribution in [2.24, 2.45) is 5.73 Å². The lowest BCUT2D eigenvalue weighted by atomic mass is 9.73. The van der Waals surface area contributed by atoms with E-state index in [2.05, 4.69) is 57.0 Å². The molecule has 4 nitrogen and oxygen atoms in total. The average molecular weight is 375 g/mol. The van der Waals surface area contributed by atoms with Crippen LogP contribution < -0.4 is 5.73 Å². The second-order valence-corrected chi connectivity index (χ2v) is 7.54. The Kier molecular flexibility index (Phi) is 3.78. The summed E-state index contributed by atoms with van der Waals surface area (Å²) in [5.41, 5.74) is 12.5. The zero-order valence-corrected chi connectivity index (χ0v) is 15.5. The maximum absolute atomic E-state index is 6.48. The smallest absolute Gasteiger partial charge is 0.223 e. The van der Waals surface area contributed by atoms with E-state index in [0.29, 0.717) is 0 Å². The highest BCUT2D eigenvalue weighted by Gasteiger charge is 2.34. The highest BCUT2D eigenvalue weighted by molar-refractivity contribution is 6.28. The number of benzene rings is 2. The van der Waals surface area contributed by atoms with E-state index in [1.165, 1.54) is 12.0 Å². The van der Waals surface area contributed by atoms with Crippen molar-refractivity contribution in [1.29, 1.82) is 0 Å². The fourth-order valence-electron chi connectivity index (χ4n) is 3.86. The number of hydrogen-bond donors (Lipinski definition) is 1. The first-order chi connectivity index (χ1) is 13.1. The van der Waals surface area contributed by atoms with Gasteiger partial charge in [-0.2, -0.15) is 0 Å². The van der Waals surface area contributed by atoms with Crippen molar-refractivity contribution >= 4 is 22.6 Å². The minimum Gasteiger partial charge on any atom is -0.321 e. The van der Waals surface area contributed by atoms with Crippen LogP contribution in [0.2, 0.25) is 5.28 Å². The molecular weight excluding hydrogens is 356 g/mol. The molecule has 1 aliphatic rings. The SMILES string of the molecule is NC1(c2ccc(-n3c(-c4ccccc4)cc4nc(Cl)ncc43)cc2)CCC1. The minimum absolute atomic E-state index is 0.157. The molecule has 0 spiro atoms. The maximum Gasteiger partial charge on any atom is 0.223 e. The van der Waals surface area contributed by atoms with E-state index < -0.39 is 0 Å². The Morgan fingerprint density at radius 1 is 1.00 bits per heavy atom. The van der Waals surface area contributed by atoms with Gasteiger partial charge in [0.15, 0.2) is 0 Å². The van der Waals surface area contributed by atoms with E-state index in [-0.39, 0.29) is 10.8 Å². The highest BCUT2D eigenvalue weighted by atomic mass is 35.5. The van der Waals surface area contributed by atoms with E-state index in [9.17, 15) is 0 Å². The van der Waals surface area contributed by atoms with Crippen LogP contribution in [0.25, 0.3) is 28.0 Å². The quantitative estimate of drug-likeness (QED) is 0.509. The topological polar surface area (TPSA) is 56.7 Å². The van der Waals surface area contributed by atoms with Gasteiger partial charge in [-0.25, -0.2) is 9.97 Å². The summed E-state index contributed by atoms with van der Waals surface area (Å²) >= 11 is 6.02. The lowest BCUT2D eigenvalue weighted by molar-refractivity contribution is 0.253. The molecule has 1 saturated carbocycles. The highest BCUT2D eigenvalue weighted by Crippen LogP contribution is 2.39. The molecule has 0 unspecified atom stereocenters. The van der Waals surface area contributed by atoms with Crippen LogP contribution >= 0.6 is 11.6 Å². The summed E-state index contributed by atoms with van der Waals surface area (Å²) in [6, 6.07) is 20.9. The van der Waals surface area contributed by atoms with Crippen LogP contribution in [0.1, 0.15) is 24.8 Å². The zero-order chi connectivity index (χ0) is 18.4. The molecule has 1 aliphatic carbocycles. The Labute approximate surface area is 162 Å². The number of halogens is 1. The van der Waals surface area contributed by atoms with Gasteiger partial charge in [0.2, 0.25) is 5.28 Å². The molecule has 0 atom stereocenters. The molecule has 5 rings (SSSR count). The number of nitrogens with two attached hydrogens (primary N) is 1. The Balaban J connectivity index is 1.69. The number of aromatic nitrogens is 3. The fraction of sp³-hybridized carbons (Fsp3) is 0.182. The summed E-state index contributed by atoms with van der Waals surface area (Å²) in [5.74, 6) is 0. The first-order valence-corrected chi connectivity index (χ1v) is 9.51. The van der Waals surface area contributed by atoms with E-state index in [1.54, 1.807) is 6.20 Å². The second-order valence-electron chi connectivity index (χ2n) is 7.20. The van der Waals surface area contributed by atoms with Crippen LogP contribution in [0.4, 0.5) is 0 Å². The third-order valence-electron chi connectivity index (χ3n) is 5.54. The summed E-state index contributed by atoms with van der Waals surface area (Å²) in [6.07, 6.45) is 5.10. The van der Waals surface area contributed by atoms with Gasteiger partial charge in [-0.1, -0.05) is 42.5 Å². The van der Waals surface area contributed by atoms with Crippen molar-refractivity contribution < 1.29 is 0 Å². The number of fused-ring (bicyclic) bond motifs is 1. The van der Waals surface area contributed by atoms with Crippen LogP contribution in [0.15, 0.2) is 66.9 Å². The van der Waals surface area contributed by atoms with Gasteiger partial charge in [-0.15, -0.1) is 0 Å². The number of rotatable bonds is 3. The average Bonchev–Trinajstić information content (AvgIpc) is 3.05. The van der Waals surface area contributed by atoms with Crippen LogP contribution in [0, 0.1) is 0 Å². The molecule has 2 aromatic heterocycles. The predicted molar refractivity (Wildman–Crippen MR) is 109 cm³/mol. The number of nitrogens with zero attached hydrogens (tertiary/aromatic N) is 3. The third kappa shape index (κ3) is 2.73. The normalized spacial score (nSPS) is 15.6. The van der Waals surface area contributed by atoms with Gasteiger partial charge in [0.05, 0.1) is 22.9 Å². The molecule has 1 fully saturated rings. The summed E-state index contributed by atoms with van der Waals surface area (Å²) in [6.45, 7) is 0. The van der Waals surface area contributed by atoms with E-state index in [0.717, 1.165) is 40.8 Å². The van der Waals surface area contributed by atoms with Gasteiger partial charge in [0.25, 0.3) is 0 Å². The van der Waals surface area contributed by atoms with E-state index >= 15 is 0 Å². The fourth-order valence-corrected chi connectivity index (χ4v) is 4.00. The van der Waals surface area contributed by atoms with Crippen molar-refractivity contribution in [3.8, 4) is 16.9 Å². The maximum atomic E-state index is 6.48. The molecule has 0 radical (unpaired) electrons. The molecule has 0 amide bonds. The molecule has 0 aliphatic heterocycles. The molecule has 27 heavy (non-hydrogen) atoms. The van der Waals surface area contributed by atoms with Crippen molar-refractivity contribution in [3.63, 3.8) is 0 Å². The van der Waals surface area contributed by atoms with Crippen molar-refractivity contribution in [3.05, 3.63) is 77.7 Å². The molecule has 4 aromatic rings. The molecule has 5 heteroatoms. The largest absolute Gasteiger partial charge is 0.321 e.